The smallest absolute Gasteiger partial charge is 0.0944 e. The molecule has 0 spiro atoms. The first-order valence-electron chi connectivity index (χ1n) is 7.79. The van der Waals surface area contributed by atoms with Crippen molar-refractivity contribution >= 4 is 21.6 Å². The first kappa shape index (κ1) is 14.0. The molecule has 3 rings (SSSR count). The van der Waals surface area contributed by atoms with Crippen molar-refractivity contribution in [1.29, 1.82) is 0 Å². The Hall–Kier alpha value is -0.930. The van der Waals surface area contributed by atoms with E-state index in [0.717, 1.165) is 24.4 Å². The molecule has 3 heteroatoms. The molecule has 2 N–H and O–H groups in total. The van der Waals surface area contributed by atoms with E-state index in [9.17, 15) is 0 Å². The molecule has 0 bridgehead atoms. The van der Waals surface area contributed by atoms with Gasteiger partial charge in [0.2, 0.25) is 0 Å². The zero-order chi connectivity index (χ0) is 14.0. The Morgan fingerprint density at radius 1 is 1.30 bits per heavy atom. The van der Waals surface area contributed by atoms with Crippen LogP contribution in [-0.2, 0) is 6.42 Å². The SMILES string of the molecule is CCC1CCC(CN)(Cc2nc3ccccc3s2)CC1. The summed E-state index contributed by atoms with van der Waals surface area (Å²) in [5, 5.41) is 1.27. The van der Waals surface area contributed by atoms with Gasteiger partial charge in [0, 0.05) is 6.42 Å². The molecule has 1 heterocycles. The van der Waals surface area contributed by atoms with Gasteiger partial charge in [0.05, 0.1) is 15.2 Å². The second-order valence-electron chi connectivity index (χ2n) is 6.31. The van der Waals surface area contributed by atoms with Crippen molar-refractivity contribution in [3.05, 3.63) is 29.3 Å². The molecule has 0 saturated heterocycles. The summed E-state index contributed by atoms with van der Waals surface area (Å²) in [6.45, 7) is 3.12. The van der Waals surface area contributed by atoms with Gasteiger partial charge in [-0.1, -0.05) is 25.5 Å². The summed E-state index contributed by atoms with van der Waals surface area (Å²) in [6.07, 6.45) is 7.63. The molecule has 0 unspecified atom stereocenters. The van der Waals surface area contributed by atoms with Crippen molar-refractivity contribution in [3.8, 4) is 0 Å². The van der Waals surface area contributed by atoms with E-state index in [0.29, 0.717) is 5.41 Å². The maximum Gasteiger partial charge on any atom is 0.0944 e. The lowest BCUT2D eigenvalue weighted by molar-refractivity contribution is 0.153. The summed E-state index contributed by atoms with van der Waals surface area (Å²) >= 11 is 1.84. The number of nitrogens with zero attached hydrogens (tertiary/aromatic N) is 1. The Labute approximate surface area is 125 Å². The fourth-order valence-corrected chi connectivity index (χ4v) is 4.61. The maximum absolute atomic E-state index is 6.14. The summed E-state index contributed by atoms with van der Waals surface area (Å²) in [6, 6.07) is 8.43. The van der Waals surface area contributed by atoms with Crippen molar-refractivity contribution in [2.24, 2.45) is 17.1 Å². The van der Waals surface area contributed by atoms with Crippen molar-refractivity contribution in [3.63, 3.8) is 0 Å². The van der Waals surface area contributed by atoms with Gasteiger partial charge in [-0.25, -0.2) is 4.98 Å². The Bertz CT molecular complexity index is 534. The van der Waals surface area contributed by atoms with Gasteiger partial charge in [0.25, 0.3) is 0 Å². The van der Waals surface area contributed by atoms with Crippen molar-refractivity contribution in [1.82, 2.24) is 4.98 Å². The van der Waals surface area contributed by atoms with E-state index in [1.54, 1.807) is 0 Å². The van der Waals surface area contributed by atoms with Crippen LogP contribution in [-0.4, -0.2) is 11.5 Å². The predicted octanol–water partition coefficient (Wildman–Crippen LogP) is 4.38. The molecule has 1 aliphatic rings. The summed E-state index contributed by atoms with van der Waals surface area (Å²) in [4.78, 5) is 4.80. The molecule has 1 aliphatic carbocycles. The number of hydrogen-bond acceptors (Lipinski definition) is 3. The largest absolute Gasteiger partial charge is 0.330 e. The number of rotatable bonds is 4. The van der Waals surface area contributed by atoms with Gasteiger partial charge in [-0.2, -0.15) is 0 Å². The minimum absolute atomic E-state index is 0.305. The molecular weight excluding hydrogens is 264 g/mol. The van der Waals surface area contributed by atoms with E-state index < -0.39 is 0 Å². The highest BCUT2D eigenvalue weighted by molar-refractivity contribution is 7.18. The highest BCUT2D eigenvalue weighted by atomic mass is 32.1. The molecule has 0 aliphatic heterocycles. The van der Waals surface area contributed by atoms with E-state index in [-0.39, 0.29) is 0 Å². The number of thiazole rings is 1. The quantitative estimate of drug-likeness (QED) is 0.906. The first-order chi connectivity index (χ1) is 9.74. The van der Waals surface area contributed by atoms with E-state index >= 15 is 0 Å². The van der Waals surface area contributed by atoms with Crippen LogP contribution in [0.15, 0.2) is 24.3 Å². The van der Waals surface area contributed by atoms with Crippen molar-refractivity contribution < 1.29 is 0 Å². The van der Waals surface area contributed by atoms with Gasteiger partial charge in [-0.15, -0.1) is 11.3 Å². The molecule has 2 nitrogen and oxygen atoms in total. The molecule has 1 aromatic carbocycles. The van der Waals surface area contributed by atoms with Crippen LogP contribution in [0.5, 0.6) is 0 Å². The molecule has 1 fully saturated rings. The average Bonchev–Trinajstić information content (AvgIpc) is 2.90. The van der Waals surface area contributed by atoms with Crippen LogP contribution in [0, 0.1) is 11.3 Å². The van der Waals surface area contributed by atoms with Gasteiger partial charge < -0.3 is 5.73 Å². The summed E-state index contributed by atoms with van der Waals surface area (Å²) in [5.74, 6) is 0.921. The van der Waals surface area contributed by atoms with Crippen LogP contribution in [0.4, 0.5) is 0 Å². The van der Waals surface area contributed by atoms with E-state index in [1.165, 1.54) is 41.8 Å². The number of hydrogen-bond donors (Lipinski definition) is 1. The molecule has 108 valence electrons. The van der Waals surface area contributed by atoms with E-state index in [1.807, 2.05) is 11.3 Å². The maximum atomic E-state index is 6.14. The van der Waals surface area contributed by atoms with E-state index in [4.69, 9.17) is 10.7 Å². The van der Waals surface area contributed by atoms with Gasteiger partial charge >= 0.3 is 0 Å². The lowest BCUT2D eigenvalue weighted by atomic mass is 9.68. The van der Waals surface area contributed by atoms with Crippen LogP contribution >= 0.6 is 11.3 Å². The first-order valence-corrected chi connectivity index (χ1v) is 8.61. The summed E-state index contributed by atoms with van der Waals surface area (Å²) in [5.41, 5.74) is 7.59. The summed E-state index contributed by atoms with van der Waals surface area (Å²) in [7, 11) is 0. The van der Waals surface area contributed by atoms with Gasteiger partial charge in [-0.3, -0.25) is 0 Å². The molecule has 0 atom stereocenters. The number of nitrogens with two attached hydrogens (primary N) is 1. The third-order valence-electron chi connectivity index (χ3n) is 5.04. The molecule has 2 aromatic rings. The lowest BCUT2D eigenvalue weighted by Gasteiger charge is -2.39. The highest BCUT2D eigenvalue weighted by Crippen LogP contribution is 2.42. The summed E-state index contributed by atoms with van der Waals surface area (Å²) < 4.78 is 1.30. The van der Waals surface area contributed by atoms with Crippen molar-refractivity contribution in [2.75, 3.05) is 6.54 Å². The van der Waals surface area contributed by atoms with Crippen LogP contribution in [0.3, 0.4) is 0 Å². The minimum atomic E-state index is 0.305. The molecule has 1 saturated carbocycles. The van der Waals surface area contributed by atoms with Gasteiger partial charge in [0.1, 0.15) is 0 Å². The number of para-hydroxylation sites is 1. The zero-order valence-electron chi connectivity index (χ0n) is 12.3. The van der Waals surface area contributed by atoms with Crippen LogP contribution < -0.4 is 5.73 Å². The molecule has 0 amide bonds. The topological polar surface area (TPSA) is 38.9 Å². The standard InChI is InChI=1S/C17H24N2S/c1-2-13-7-9-17(12-18,10-8-13)11-16-19-14-5-3-4-6-15(14)20-16/h3-6,13H,2,7-12,18H2,1H3. The molecule has 1 aromatic heterocycles. The molecular formula is C17H24N2S. The van der Waals surface area contributed by atoms with E-state index in [2.05, 4.69) is 31.2 Å². The second kappa shape index (κ2) is 5.82. The van der Waals surface area contributed by atoms with Gasteiger partial charge in [-0.05, 0) is 55.7 Å². The highest BCUT2D eigenvalue weighted by Gasteiger charge is 2.34. The Morgan fingerprint density at radius 2 is 2.05 bits per heavy atom. The van der Waals surface area contributed by atoms with Crippen LogP contribution in [0.2, 0.25) is 0 Å². The minimum Gasteiger partial charge on any atom is -0.330 e. The third-order valence-corrected chi connectivity index (χ3v) is 6.08. The number of aromatic nitrogens is 1. The zero-order valence-corrected chi connectivity index (χ0v) is 13.1. The van der Waals surface area contributed by atoms with Gasteiger partial charge in [0.15, 0.2) is 0 Å². The monoisotopic (exact) mass is 288 g/mol. The number of benzene rings is 1. The van der Waals surface area contributed by atoms with Crippen LogP contribution in [0.1, 0.15) is 44.0 Å². The molecule has 20 heavy (non-hydrogen) atoms. The third kappa shape index (κ3) is 2.75. The lowest BCUT2D eigenvalue weighted by Crippen LogP contribution is -2.36. The Morgan fingerprint density at radius 3 is 2.70 bits per heavy atom. The van der Waals surface area contributed by atoms with Crippen molar-refractivity contribution in [2.45, 2.75) is 45.4 Å². The van der Waals surface area contributed by atoms with Crippen LogP contribution in [0.25, 0.3) is 10.2 Å². The fraction of sp³-hybridized carbons (Fsp3) is 0.588. The normalized spacial score (nSPS) is 27.0. The fourth-order valence-electron chi connectivity index (χ4n) is 3.47. The Kier molecular flexibility index (Phi) is 4.08. The average molecular weight is 288 g/mol. The number of fused-ring (bicyclic) bond motifs is 1. The predicted molar refractivity (Wildman–Crippen MR) is 87.1 cm³/mol. The molecule has 0 radical (unpaired) electrons. The Balaban J connectivity index is 1.77. The second-order valence-corrected chi connectivity index (χ2v) is 7.42.